The van der Waals surface area contributed by atoms with Crippen molar-refractivity contribution in [3.05, 3.63) is 48.0 Å². The lowest BCUT2D eigenvalue weighted by Crippen LogP contribution is -2.51. The topological polar surface area (TPSA) is 79.0 Å². The molecular weight excluding hydrogens is 394 g/mol. The predicted octanol–water partition coefficient (Wildman–Crippen LogP) is 1.60. The molecule has 2 aliphatic rings. The van der Waals surface area contributed by atoms with Crippen molar-refractivity contribution in [3.8, 4) is 0 Å². The largest absolute Gasteiger partial charge is 0.378 e. The van der Waals surface area contributed by atoms with Crippen molar-refractivity contribution in [2.75, 3.05) is 45.9 Å². The van der Waals surface area contributed by atoms with Crippen LogP contribution in [0.2, 0.25) is 0 Å². The summed E-state index contributed by atoms with van der Waals surface area (Å²) in [6.45, 7) is 3.40. The molecule has 0 spiro atoms. The number of hydrogen-bond donors (Lipinski definition) is 1. The quantitative estimate of drug-likeness (QED) is 0.792. The molecule has 4 rings (SSSR count). The minimum Gasteiger partial charge on any atom is -0.378 e. The molecule has 2 fully saturated rings. The number of amides is 3. The molecule has 2 aromatic rings. The molecule has 0 bridgehead atoms. The van der Waals surface area contributed by atoms with Crippen LogP contribution in [0.15, 0.2) is 42.5 Å². The van der Waals surface area contributed by atoms with E-state index in [0.29, 0.717) is 39.4 Å². The highest BCUT2D eigenvalue weighted by Crippen LogP contribution is 2.20. The van der Waals surface area contributed by atoms with Crippen LogP contribution in [-0.4, -0.2) is 73.5 Å². The van der Waals surface area contributed by atoms with Crippen molar-refractivity contribution in [1.82, 2.24) is 15.1 Å². The zero-order valence-corrected chi connectivity index (χ0v) is 17.7. The number of benzene rings is 2. The van der Waals surface area contributed by atoms with Crippen LogP contribution in [0, 0.1) is 5.92 Å². The Kier molecular flexibility index (Phi) is 6.82. The molecule has 31 heavy (non-hydrogen) atoms. The van der Waals surface area contributed by atoms with Crippen molar-refractivity contribution in [2.45, 2.75) is 19.3 Å². The summed E-state index contributed by atoms with van der Waals surface area (Å²) in [6.07, 6.45) is 1.83. The third kappa shape index (κ3) is 5.22. The van der Waals surface area contributed by atoms with E-state index in [1.165, 1.54) is 0 Å². The van der Waals surface area contributed by atoms with E-state index in [1.807, 2.05) is 47.4 Å². The van der Waals surface area contributed by atoms with Crippen LogP contribution in [0.4, 0.5) is 0 Å². The molecule has 0 saturated carbocycles. The minimum absolute atomic E-state index is 0.0396. The van der Waals surface area contributed by atoms with Gasteiger partial charge in [0, 0.05) is 26.2 Å². The molecule has 2 aromatic carbocycles. The van der Waals surface area contributed by atoms with E-state index in [0.717, 1.165) is 29.2 Å². The molecule has 2 aliphatic heterocycles. The predicted molar refractivity (Wildman–Crippen MR) is 117 cm³/mol. The molecule has 164 valence electrons. The fourth-order valence-electron chi connectivity index (χ4n) is 4.42. The second kappa shape index (κ2) is 9.92. The number of piperidine rings is 1. The SMILES string of the molecule is O=C(Cc1cccc2ccccc12)NCC(=O)N1CCCC(C(=O)N2CCOCC2)C1. The zero-order valence-electron chi connectivity index (χ0n) is 17.7. The van der Waals surface area contributed by atoms with Crippen LogP contribution in [0.1, 0.15) is 18.4 Å². The van der Waals surface area contributed by atoms with Gasteiger partial charge in [0.05, 0.1) is 32.1 Å². The molecule has 3 amide bonds. The number of nitrogens with zero attached hydrogens (tertiary/aromatic N) is 2. The maximum absolute atomic E-state index is 12.8. The molecule has 0 aromatic heterocycles. The van der Waals surface area contributed by atoms with Crippen molar-refractivity contribution >= 4 is 28.5 Å². The van der Waals surface area contributed by atoms with Gasteiger partial charge in [-0.15, -0.1) is 0 Å². The molecule has 7 heteroatoms. The first-order chi connectivity index (χ1) is 15.1. The van der Waals surface area contributed by atoms with Crippen LogP contribution < -0.4 is 5.32 Å². The Bertz CT molecular complexity index is 949. The summed E-state index contributed by atoms with van der Waals surface area (Å²) in [7, 11) is 0. The van der Waals surface area contributed by atoms with Gasteiger partial charge in [-0.05, 0) is 29.2 Å². The van der Waals surface area contributed by atoms with Crippen LogP contribution in [-0.2, 0) is 25.5 Å². The zero-order chi connectivity index (χ0) is 21.6. The Morgan fingerprint density at radius 2 is 1.74 bits per heavy atom. The van der Waals surface area contributed by atoms with Crippen LogP contribution in [0.5, 0.6) is 0 Å². The molecule has 2 heterocycles. The number of carbonyl (C=O) groups is 3. The van der Waals surface area contributed by atoms with E-state index in [9.17, 15) is 14.4 Å². The maximum Gasteiger partial charge on any atom is 0.241 e. The van der Waals surface area contributed by atoms with E-state index in [2.05, 4.69) is 5.32 Å². The highest BCUT2D eigenvalue weighted by Gasteiger charge is 2.31. The van der Waals surface area contributed by atoms with Gasteiger partial charge < -0.3 is 19.9 Å². The molecule has 1 N–H and O–H groups in total. The Morgan fingerprint density at radius 1 is 0.968 bits per heavy atom. The fraction of sp³-hybridized carbons (Fsp3) is 0.458. The molecule has 1 unspecified atom stereocenters. The smallest absolute Gasteiger partial charge is 0.241 e. The number of likely N-dealkylation sites (tertiary alicyclic amines) is 1. The molecular formula is C24H29N3O4. The number of hydrogen-bond acceptors (Lipinski definition) is 4. The van der Waals surface area contributed by atoms with Crippen molar-refractivity contribution in [3.63, 3.8) is 0 Å². The monoisotopic (exact) mass is 423 g/mol. The first-order valence-corrected chi connectivity index (χ1v) is 11.0. The Morgan fingerprint density at radius 3 is 2.58 bits per heavy atom. The van der Waals surface area contributed by atoms with E-state index >= 15 is 0 Å². The number of rotatable bonds is 5. The van der Waals surface area contributed by atoms with Gasteiger partial charge in [0.1, 0.15) is 0 Å². The lowest BCUT2D eigenvalue weighted by atomic mass is 9.96. The van der Waals surface area contributed by atoms with Gasteiger partial charge in [-0.25, -0.2) is 0 Å². The maximum atomic E-state index is 12.8. The molecule has 7 nitrogen and oxygen atoms in total. The Balaban J connectivity index is 1.28. The summed E-state index contributed by atoms with van der Waals surface area (Å²) >= 11 is 0. The van der Waals surface area contributed by atoms with Crippen LogP contribution in [0.3, 0.4) is 0 Å². The average Bonchev–Trinajstić information content (AvgIpc) is 2.83. The number of fused-ring (bicyclic) bond motifs is 1. The summed E-state index contributed by atoms with van der Waals surface area (Å²) in [5.74, 6) is -0.364. The highest BCUT2D eigenvalue weighted by atomic mass is 16.5. The first kappa shape index (κ1) is 21.3. The summed E-state index contributed by atoms with van der Waals surface area (Å²) in [4.78, 5) is 41.5. The minimum atomic E-state index is -0.178. The Labute approximate surface area is 182 Å². The molecule has 2 saturated heterocycles. The van der Waals surface area contributed by atoms with Gasteiger partial charge in [-0.2, -0.15) is 0 Å². The number of ether oxygens (including phenoxy) is 1. The van der Waals surface area contributed by atoms with Gasteiger partial charge in [0.25, 0.3) is 0 Å². The lowest BCUT2D eigenvalue weighted by Gasteiger charge is -2.36. The molecule has 0 aliphatic carbocycles. The molecule has 1 atom stereocenters. The van der Waals surface area contributed by atoms with Crippen LogP contribution in [0.25, 0.3) is 10.8 Å². The number of nitrogens with one attached hydrogen (secondary N) is 1. The number of morpholine rings is 1. The van der Waals surface area contributed by atoms with Crippen molar-refractivity contribution in [2.24, 2.45) is 5.92 Å². The second-order valence-electron chi connectivity index (χ2n) is 8.21. The highest BCUT2D eigenvalue weighted by molar-refractivity contribution is 5.91. The van der Waals surface area contributed by atoms with Gasteiger partial charge in [-0.3, -0.25) is 14.4 Å². The lowest BCUT2D eigenvalue weighted by molar-refractivity contribution is -0.144. The average molecular weight is 424 g/mol. The van der Waals surface area contributed by atoms with Crippen molar-refractivity contribution < 1.29 is 19.1 Å². The van der Waals surface area contributed by atoms with Gasteiger partial charge in [-0.1, -0.05) is 42.5 Å². The first-order valence-electron chi connectivity index (χ1n) is 11.0. The summed E-state index contributed by atoms with van der Waals surface area (Å²) in [5, 5.41) is 4.90. The Hall–Kier alpha value is -2.93. The summed E-state index contributed by atoms with van der Waals surface area (Å²) in [6, 6.07) is 13.9. The fourth-order valence-corrected chi connectivity index (χ4v) is 4.42. The van der Waals surface area contributed by atoms with E-state index in [4.69, 9.17) is 4.74 Å². The van der Waals surface area contributed by atoms with Crippen LogP contribution >= 0.6 is 0 Å². The number of carbonyl (C=O) groups excluding carboxylic acids is 3. The normalized spacial score (nSPS) is 19.3. The van der Waals surface area contributed by atoms with E-state index in [-0.39, 0.29) is 36.6 Å². The third-order valence-electron chi connectivity index (χ3n) is 6.11. The van der Waals surface area contributed by atoms with E-state index in [1.54, 1.807) is 4.90 Å². The summed E-state index contributed by atoms with van der Waals surface area (Å²) in [5.41, 5.74) is 0.942. The summed E-state index contributed by atoms with van der Waals surface area (Å²) < 4.78 is 5.32. The van der Waals surface area contributed by atoms with Gasteiger partial charge >= 0.3 is 0 Å². The van der Waals surface area contributed by atoms with Gasteiger partial charge in [0.15, 0.2) is 0 Å². The van der Waals surface area contributed by atoms with Gasteiger partial charge in [0.2, 0.25) is 17.7 Å². The van der Waals surface area contributed by atoms with E-state index < -0.39 is 0 Å². The van der Waals surface area contributed by atoms with Crippen molar-refractivity contribution in [1.29, 1.82) is 0 Å². The standard InChI is InChI=1S/C24H29N3O4/c28-22(15-19-7-3-6-18-5-1-2-9-21(18)19)25-16-23(29)27-10-4-8-20(17-27)24(30)26-11-13-31-14-12-26/h1-3,5-7,9,20H,4,8,10-17H2,(H,25,28). The second-order valence-corrected chi connectivity index (χ2v) is 8.21. The third-order valence-corrected chi connectivity index (χ3v) is 6.11. The molecule has 0 radical (unpaired) electrons.